The molecule has 2 unspecified atom stereocenters. The van der Waals surface area contributed by atoms with Crippen molar-refractivity contribution in [2.45, 2.75) is 31.1 Å². The Balaban J connectivity index is 2.11. The molecule has 0 radical (unpaired) electrons. The molecule has 0 spiro atoms. The Bertz CT molecular complexity index is 440. The van der Waals surface area contributed by atoms with Crippen LogP contribution in [-0.4, -0.2) is 57.3 Å². The van der Waals surface area contributed by atoms with Gasteiger partial charge in [-0.05, 0) is 37.6 Å². The number of hydrogen-bond donors (Lipinski definition) is 2. The van der Waals surface area contributed by atoms with Gasteiger partial charge in [0, 0.05) is 24.4 Å². The lowest BCUT2D eigenvalue weighted by atomic mass is 10.2. The van der Waals surface area contributed by atoms with Gasteiger partial charge in [0.15, 0.2) is 0 Å². The van der Waals surface area contributed by atoms with E-state index in [-0.39, 0.29) is 23.2 Å². The smallest absolute Gasteiger partial charge is 0.231 e. The molecule has 2 heterocycles. The standard InChI is InChI=1S/C12H20ClN5OS/c1-8(9(7-19)20-2)14-11-15-10(13)16-12(17-11)18-5-3-4-6-18/h8-9,19H,3-7H2,1-2H3,(H,14,15,16,17). The molecule has 2 atom stereocenters. The first-order chi connectivity index (χ1) is 9.63. The van der Waals surface area contributed by atoms with E-state index in [0.717, 1.165) is 25.9 Å². The average molecular weight is 318 g/mol. The first-order valence-electron chi connectivity index (χ1n) is 6.70. The minimum Gasteiger partial charge on any atom is -0.395 e. The number of anilines is 2. The van der Waals surface area contributed by atoms with Crippen LogP contribution in [0.2, 0.25) is 5.28 Å². The van der Waals surface area contributed by atoms with Crippen LogP contribution in [0.3, 0.4) is 0 Å². The Morgan fingerprint density at radius 1 is 1.35 bits per heavy atom. The summed E-state index contributed by atoms with van der Waals surface area (Å²) in [5, 5.41) is 12.8. The van der Waals surface area contributed by atoms with E-state index >= 15 is 0 Å². The summed E-state index contributed by atoms with van der Waals surface area (Å²) in [5.74, 6) is 1.09. The normalized spacial score (nSPS) is 18.1. The lowest BCUT2D eigenvalue weighted by molar-refractivity contribution is 0.288. The minimum absolute atomic E-state index is 0.0416. The third-order valence-electron chi connectivity index (χ3n) is 3.38. The van der Waals surface area contributed by atoms with Crippen LogP contribution in [0.4, 0.5) is 11.9 Å². The summed E-state index contributed by atoms with van der Waals surface area (Å²) in [4.78, 5) is 14.8. The van der Waals surface area contributed by atoms with Gasteiger partial charge in [0.05, 0.1) is 6.61 Å². The average Bonchev–Trinajstić information content (AvgIpc) is 2.93. The number of hydrogen-bond acceptors (Lipinski definition) is 7. The number of aliphatic hydroxyl groups excluding tert-OH is 1. The Morgan fingerprint density at radius 3 is 2.65 bits per heavy atom. The van der Waals surface area contributed by atoms with Gasteiger partial charge in [0.25, 0.3) is 0 Å². The van der Waals surface area contributed by atoms with Crippen LogP contribution in [0.1, 0.15) is 19.8 Å². The van der Waals surface area contributed by atoms with Crippen molar-refractivity contribution in [3.8, 4) is 0 Å². The van der Waals surface area contributed by atoms with E-state index in [1.54, 1.807) is 11.8 Å². The Hall–Kier alpha value is -0.790. The highest BCUT2D eigenvalue weighted by Crippen LogP contribution is 2.20. The van der Waals surface area contributed by atoms with Crippen molar-refractivity contribution in [2.24, 2.45) is 0 Å². The number of aromatic nitrogens is 3. The quantitative estimate of drug-likeness (QED) is 0.826. The second kappa shape index (κ2) is 7.28. The molecular weight excluding hydrogens is 298 g/mol. The molecule has 20 heavy (non-hydrogen) atoms. The van der Waals surface area contributed by atoms with Crippen LogP contribution >= 0.6 is 23.4 Å². The maximum atomic E-state index is 9.31. The summed E-state index contributed by atoms with van der Waals surface area (Å²) < 4.78 is 0. The SMILES string of the molecule is CSC(CO)C(C)Nc1nc(Cl)nc(N2CCCC2)n1. The number of aliphatic hydroxyl groups is 1. The molecular formula is C12H20ClN5OS. The molecule has 1 aliphatic heterocycles. The zero-order valence-electron chi connectivity index (χ0n) is 11.7. The lowest BCUT2D eigenvalue weighted by Gasteiger charge is -2.22. The Kier molecular flexibility index (Phi) is 5.68. The molecule has 0 saturated carbocycles. The Labute approximate surface area is 128 Å². The number of nitrogens with one attached hydrogen (secondary N) is 1. The fourth-order valence-electron chi connectivity index (χ4n) is 2.20. The molecule has 1 saturated heterocycles. The number of rotatable bonds is 6. The molecule has 2 N–H and O–H groups in total. The maximum absolute atomic E-state index is 9.31. The zero-order valence-corrected chi connectivity index (χ0v) is 13.3. The summed E-state index contributed by atoms with van der Waals surface area (Å²) in [6, 6.07) is 0.0416. The van der Waals surface area contributed by atoms with Crippen molar-refractivity contribution >= 4 is 35.3 Å². The third kappa shape index (κ3) is 3.86. The second-order valence-corrected chi connectivity index (χ2v) is 6.23. The fourth-order valence-corrected chi connectivity index (χ4v) is 2.98. The number of nitrogens with zero attached hydrogens (tertiary/aromatic N) is 4. The number of thioether (sulfide) groups is 1. The van der Waals surface area contributed by atoms with Gasteiger partial charge in [-0.2, -0.15) is 26.7 Å². The van der Waals surface area contributed by atoms with Crippen LogP contribution in [0.15, 0.2) is 0 Å². The van der Waals surface area contributed by atoms with Gasteiger partial charge in [-0.25, -0.2) is 0 Å². The van der Waals surface area contributed by atoms with Crippen LogP contribution < -0.4 is 10.2 Å². The highest BCUT2D eigenvalue weighted by Gasteiger charge is 2.19. The fraction of sp³-hybridized carbons (Fsp3) is 0.750. The van der Waals surface area contributed by atoms with E-state index in [1.165, 1.54) is 0 Å². The largest absolute Gasteiger partial charge is 0.395 e. The van der Waals surface area contributed by atoms with Crippen LogP contribution in [0, 0.1) is 0 Å². The molecule has 0 bridgehead atoms. The summed E-state index contributed by atoms with van der Waals surface area (Å²) in [7, 11) is 0. The first kappa shape index (κ1) is 15.6. The first-order valence-corrected chi connectivity index (χ1v) is 8.37. The molecule has 1 aromatic rings. The van der Waals surface area contributed by atoms with Crippen molar-refractivity contribution < 1.29 is 5.11 Å². The van der Waals surface area contributed by atoms with E-state index < -0.39 is 0 Å². The van der Waals surface area contributed by atoms with Crippen molar-refractivity contribution in [1.82, 2.24) is 15.0 Å². The topological polar surface area (TPSA) is 74.2 Å². The van der Waals surface area contributed by atoms with Crippen LogP contribution in [0.5, 0.6) is 0 Å². The highest BCUT2D eigenvalue weighted by molar-refractivity contribution is 7.99. The van der Waals surface area contributed by atoms with Gasteiger partial charge >= 0.3 is 0 Å². The van der Waals surface area contributed by atoms with E-state index in [4.69, 9.17) is 11.6 Å². The summed E-state index contributed by atoms with van der Waals surface area (Å²) >= 11 is 7.58. The van der Waals surface area contributed by atoms with Gasteiger partial charge < -0.3 is 15.3 Å². The second-order valence-electron chi connectivity index (χ2n) is 4.81. The van der Waals surface area contributed by atoms with Crippen molar-refractivity contribution in [1.29, 1.82) is 0 Å². The van der Waals surface area contributed by atoms with Gasteiger partial charge in [-0.1, -0.05) is 0 Å². The van der Waals surface area contributed by atoms with Crippen molar-refractivity contribution in [2.75, 3.05) is 36.2 Å². The molecule has 1 fully saturated rings. The van der Waals surface area contributed by atoms with E-state index in [0.29, 0.717) is 11.9 Å². The van der Waals surface area contributed by atoms with Gasteiger partial charge in [-0.3, -0.25) is 0 Å². The molecule has 1 aromatic heterocycles. The Morgan fingerprint density at radius 2 is 2.05 bits per heavy atom. The predicted molar refractivity (Wildman–Crippen MR) is 83.8 cm³/mol. The predicted octanol–water partition coefficient (Wildman–Crippen LogP) is 1.65. The molecule has 0 aliphatic carbocycles. The van der Waals surface area contributed by atoms with Crippen molar-refractivity contribution in [3.05, 3.63) is 5.28 Å². The van der Waals surface area contributed by atoms with Crippen LogP contribution in [-0.2, 0) is 0 Å². The van der Waals surface area contributed by atoms with Crippen molar-refractivity contribution in [3.63, 3.8) is 0 Å². The summed E-state index contributed by atoms with van der Waals surface area (Å²) in [5.41, 5.74) is 0. The van der Waals surface area contributed by atoms with Gasteiger partial charge in [0.2, 0.25) is 17.2 Å². The highest BCUT2D eigenvalue weighted by atomic mass is 35.5. The lowest BCUT2D eigenvalue weighted by Crippen LogP contribution is -2.32. The molecule has 0 amide bonds. The summed E-state index contributed by atoms with van der Waals surface area (Å²) in [6.07, 6.45) is 4.28. The molecule has 6 nitrogen and oxygen atoms in total. The third-order valence-corrected chi connectivity index (χ3v) is 4.71. The van der Waals surface area contributed by atoms with Gasteiger partial charge in [0.1, 0.15) is 0 Å². The number of halogens is 1. The molecule has 2 rings (SSSR count). The molecule has 0 aromatic carbocycles. The zero-order chi connectivity index (χ0) is 14.5. The van der Waals surface area contributed by atoms with Gasteiger partial charge in [-0.15, -0.1) is 0 Å². The van der Waals surface area contributed by atoms with E-state index in [2.05, 4.69) is 25.2 Å². The van der Waals surface area contributed by atoms with E-state index in [1.807, 2.05) is 13.2 Å². The monoisotopic (exact) mass is 317 g/mol. The molecule has 1 aliphatic rings. The summed E-state index contributed by atoms with van der Waals surface area (Å²) in [6.45, 7) is 4.01. The molecule has 8 heteroatoms. The van der Waals surface area contributed by atoms with E-state index in [9.17, 15) is 5.11 Å². The maximum Gasteiger partial charge on any atom is 0.231 e. The van der Waals surface area contributed by atoms with Crippen LogP contribution in [0.25, 0.3) is 0 Å². The minimum atomic E-state index is 0.0416. The molecule has 112 valence electrons.